The molecule has 3 heterocycles. The van der Waals surface area contributed by atoms with E-state index in [2.05, 4.69) is 20.6 Å². The number of ether oxygens (including phenoxy) is 1. The molecule has 1 fully saturated rings. The predicted molar refractivity (Wildman–Crippen MR) is 108 cm³/mol. The molecular weight excluding hydrogens is 386 g/mol. The second-order valence-electron chi connectivity index (χ2n) is 7.76. The molecule has 1 N–H and O–H groups in total. The van der Waals surface area contributed by atoms with Crippen LogP contribution in [0, 0.1) is 26.2 Å². The largest absolute Gasteiger partial charge is 0.497 e. The zero-order valence-electron chi connectivity index (χ0n) is 17.6. The van der Waals surface area contributed by atoms with Crippen LogP contribution < -0.4 is 15.0 Å². The van der Waals surface area contributed by atoms with Crippen molar-refractivity contribution in [3.05, 3.63) is 52.7 Å². The number of nitrogens with zero attached hydrogens (tertiary/aromatic N) is 4. The van der Waals surface area contributed by atoms with Crippen LogP contribution in [0.5, 0.6) is 5.75 Å². The molecule has 0 radical (unpaired) electrons. The summed E-state index contributed by atoms with van der Waals surface area (Å²) in [5.41, 5.74) is 2.11. The highest BCUT2D eigenvalue weighted by Gasteiger charge is 2.50. The molecule has 1 aliphatic rings. The summed E-state index contributed by atoms with van der Waals surface area (Å²) in [6.45, 7) is 6.83. The van der Waals surface area contributed by atoms with E-state index in [1.807, 2.05) is 43.0 Å². The predicted octanol–water partition coefficient (Wildman–Crippen LogP) is 2.36. The van der Waals surface area contributed by atoms with E-state index in [9.17, 15) is 4.79 Å². The molecule has 3 aromatic rings. The second-order valence-corrected chi connectivity index (χ2v) is 7.76. The maximum Gasteiger partial charge on any atom is 0.266 e. The van der Waals surface area contributed by atoms with E-state index in [4.69, 9.17) is 13.8 Å². The van der Waals surface area contributed by atoms with Gasteiger partial charge in [0.15, 0.2) is 0 Å². The van der Waals surface area contributed by atoms with E-state index >= 15 is 0 Å². The van der Waals surface area contributed by atoms with Crippen molar-refractivity contribution in [2.75, 3.05) is 25.1 Å². The summed E-state index contributed by atoms with van der Waals surface area (Å²) >= 11 is 0. The van der Waals surface area contributed by atoms with Crippen molar-refractivity contribution in [1.29, 1.82) is 0 Å². The number of rotatable bonds is 7. The van der Waals surface area contributed by atoms with Gasteiger partial charge in [-0.15, -0.1) is 0 Å². The molecule has 0 bridgehead atoms. The highest BCUT2D eigenvalue weighted by Crippen LogP contribution is 2.37. The summed E-state index contributed by atoms with van der Waals surface area (Å²) in [5, 5.41) is 11.0. The van der Waals surface area contributed by atoms with Crippen LogP contribution in [-0.4, -0.2) is 41.4 Å². The molecule has 1 amide bonds. The number of carbonyl (C=O) groups is 1. The lowest BCUT2D eigenvalue weighted by molar-refractivity contribution is -0.132. The van der Waals surface area contributed by atoms with Crippen LogP contribution in [0.15, 0.2) is 33.3 Å². The quantitative estimate of drug-likeness (QED) is 0.631. The first-order chi connectivity index (χ1) is 14.4. The number of methoxy groups -OCH3 is 1. The Bertz CT molecular complexity index is 1030. The third kappa shape index (κ3) is 3.74. The van der Waals surface area contributed by atoms with Gasteiger partial charge in [-0.3, -0.25) is 4.79 Å². The summed E-state index contributed by atoms with van der Waals surface area (Å²) in [5.74, 6) is 2.46. The van der Waals surface area contributed by atoms with Gasteiger partial charge in [0.25, 0.3) is 5.95 Å². The topological polar surface area (TPSA) is 107 Å². The van der Waals surface area contributed by atoms with Gasteiger partial charge in [-0.05, 0) is 43.1 Å². The van der Waals surface area contributed by atoms with Crippen molar-refractivity contribution in [3.8, 4) is 5.75 Å². The third-order valence-corrected chi connectivity index (χ3v) is 5.55. The summed E-state index contributed by atoms with van der Waals surface area (Å²) < 4.78 is 15.6. The minimum absolute atomic E-state index is 0.0261. The Kier molecular flexibility index (Phi) is 5.19. The fraction of sp³-hybridized carbons (Fsp3) is 0.429. The highest BCUT2D eigenvalue weighted by molar-refractivity contribution is 5.86. The van der Waals surface area contributed by atoms with Crippen molar-refractivity contribution in [2.45, 2.75) is 33.7 Å². The summed E-state index contributed by atoms with van der Waals surface area (Å²) in [4.78, 5) is 19.5. The van der Waals surface area contributed by atoms with Crippen molar-refractivity contribution in [3.63, 3.8) is 0 Å². The van der Waals surface area contributed by atoms with E-state index < -0.39 is 5.41 Å². The zero-order valence-corrected chi connectivity index (χ0v) is 17.6. The monoisotopic (exact) mass is 411 g/mol. The number of amides is 1. The Morgan fingerprint density at radius 2 is 2.03 bits per heavy atom. The van der Waals surface area contributed by atoms with Gasteiger partial charge in [0.1, 0.15) is 11.5 Å². The molecule has 1 aromatic carbocycles. The number of carbonyl (C=O) groups excluding carboxylic acids is 1. The van der Waals surface area contributed by atoms with Gasteiger partial charge in [-0.25, -0.2) is 0 Å². The van der Waals surface area contributed by atoms with Gasteiger partial charge >= 0.3 is 0 Å². The van der Waals surface area contributed by atoms with Gasteiger partial charge in [-0.1, -0.05) is 17.3 Å². The van der Waals surface area contributed by atoms with Gasteiger partial charge < -0.3 is 24.0 Å². The van der Waals surface area contributed by atoms with Crippen molar-refractivity contribution in [1.82, 2.24) is 20.6 Å². The lowest BCUT2D eigenvalue weighted by atomic mass is 9.74. The van der Waals surface area contributed by atoms with E-state index in [0.717, 1.165) is 22.6 Å². The number of anilines is 1. The fourth-order valence-corrected chi connectivity index (χ4v) is 3.86. The van der Waals surface area contributed by atoms with Crippen molar-refractivity contribution >= 4 is 11.9 Å². The van der Waals surface area contributed by atoms with E-state index in [-0.39, 0.29) is 5.91 Å². The van der Waals surface area contributed by atoms with E-state index in [1.165, 1.54) is 0 Å². The molecule has 0 atom stereocenters. The summed E-state index contributed by atoms with van der Waals surface area (Å²) in [6.07, 6.45) is 0.574. The number of hydrogen-bond acceptors (Lipinski definition) is 8. The summed E-state index contributed by atoms with van der Waals surface area (Å²) in [6, 6.07) is 7.79. The van der Waals surface area contributed by atoms with Gasteiger partial charge in [0, 0.05) is 32.1 Å². The second kappa shape index (κ2) is 7.81. The minimum Gasteiger partial charge on any atom is -0.497 e. The van der Waals surface area contributed by atoms with Gasteiger partial charge in [0.05, 0.1) is 18.2 Å². The Balaban J connectivity index is 1.53. The molecule has 30 heavy (non-hydrogen) atoms. The Morgan fingerprint density at radius 1 is 1.23 bits per heavy atom. The first-order valence-electron chi connectivity index (χ1n) is 9.78. The normalized spacial score (nSPS) is 15.0. The molecule has 1 saturated heterocycles. The molecule has 0 unspecified atom stereocenters. The number of benzene rings is 1. The average molecular weight is 411 g/mol. The zero-order chi connectivity index (χ0) is 21.3. The molecule has 9 nitrogen and oxygen atoms in total. The number of aromatic nitrogens is 3. The smallest absolute Gasteiger partial charge is 0.266 e. The molecular formula is C21H25N5O4. The Morgan fingerprint density at radius 3 is 2.67 bits per heavy atom. The van der Waals surface area contributed by atoms with Crippen LogP contribution >= 0.6 is 0 Å². The lowest BCUT2D eigenvalue weighted by Crippen LogP contribution is -2.64. The van der Waals surface area contributed by atoms with Crippen LogP contribution in [0.25, 0.3) is 0 Å². The first-order valence-corrected chi connectivity index (χ1v) is 9.78. The van der Waals surface area contributed by atoms with Crippen molar-refractivity contribution in [2.24, 2.45) is 5.41 Å². The van der Waals surface area contributed by atoms with E-state index in [1.54, 1.807) is 14.0 Å². The maximum atomic E-state index is 13.3. The molecule has 2 aromatic heterocycles. The Hall–Kier alpha value is -3.36. The molecule has 0 spiro atoms. The molecule has 4 rings (SSSR count). The number of nitrogens with one attached hydrogen (secondary N) is 1. The average Bonchev–Trinajstić information content (AvgIpc) is 3.27. The highest BCUT2D eigenvalue weighted by atomic mass is 16.5. The number of aryl methyl sites for hydroxylation is 3. The van der Waals surface area contributed by atoms with E-state index in [0.29, 0.717) is 43.7 Å². The van der Waals surface area contributed by atoms with Crippen LogP contribution in [0.1, 0.15) is 28.5 Å². The molecule has 1 aliphatic heterocycles. The SMILES string of the molecule is COc1cccc(CC2(C(=O)NCc3c(C)noc3C)CN(c3noc(C)n3)C2)c1. The minimum atomic E-state index is -0.611. The van der Waals surface area contributed by atoms with Gasteiger partial charge in [-0.2, -0.15) is 4.98 Å². The van der Waals surface area contributed by atoms with Gasteiger partial charge in [0.2, 0.25) is 11.8 Å². The third-order valence-electron chi connectivity index (χ3n) is 5.55. The summed E-state index contributed by atoms with van der Waals surface area (Å²) in [7, 11) is 1.63. The molecule has 158 valence electrons. The lowest BCUT2D eigenvalue weighted by Gasteiger charge is -2.48. The van der Waals surface area contributed by atoms with Crippen LogP contribution in [-0.2, 0) is 17.8 Å². The standard InChI is InChI=1S/C21H25N5O4/c1-13-18(14(2)29-24-13)10-22-19(27)21(9-16-6-5-7-17(8-16)28-4)11-26(12-21)20-23-15(3)30-25-20/h5-8H,9-12H2,1-4H3,(H,22,27). The molecule has 0 aliphatic carbocycles. The Labute approximate surface area is 174 Å². The van der Waals surface area contributed by atoms with Crippen LogP contribution in [0.4, 0.5) is 5.95 Å². The first kappa shape index (κ1) is 19.9. The maximum absolute atomic E-state index is 13.3. The molecule has 0 saturated carbocycles. The fourth-order valence-electron chi connectivity index (χ4n) is 3.86. The van der Waals surface area contributed by atoms with Crippen LogP contribution in [0.2, 0.25) is 0 Å². The van der Waals surface area contributed by atoms with Crippen LogP contribution in [0.3, 0.4) is 0 Å². The molecule has 9 heteroatoms. The van der Waals surface area contributed by atoms with Crippen molar-refractivity contribution < 1.29 is 18.6 Å². The number of hydrogen-bond donors (Lipinski definition) is 1.